The van der Waals surface area contributed by atoms with Gasteiger partial charge in [-0.3, -0.25) is 0 Å². The summed E-state index contributed by atoms with van der Waals surface area (Å²) >= 11 is 6.33. The first-order valence-electron chi connectivity index (χ1n) is 10.3. The Kier molecular flexibility index (Phi) is 4.44. The van der Waals surface area contributed by atoms with Crippen LogP contribution in [0.15, 0.2) is 97.1 Å². The summed E-state index contributed by atoms with van der Waals surface area (Å²) in [6.45, 7) is 0. The van der Waals surface area contributed by atoms with Crippen LogP contribution >= 0.6 is 11.6 Å². The zero-order valence-electron chi connectivity index (χ0n) is 17.0. The molecule has 0 spiro atoms. The van der Waals surface area contributed by atoms with E-state index < -0.39 is 0 Å². The lowest BCUT2D eigenvalue weighted by Gasteiger charge is -2.09. The molecule has 0 fully saturated rings. The molecule has 6 aromatic rings. The first kappa shape index (κ1) is 18.7. The molecular weight excluding hydrogens is 416 g/mol. The zero-order chi connectivity index (χ0) is 21.5. The minimum absolute atomic E-state index is 0.172. The standard InChI is InChI=1S/C27H17ClN4/c28-27-31-25(18-11-5-2-6-12-18)30-26(32-27)21-16-15-19(17-9-3-1-4-10-17)23-20-13-7-8-14-22(20)29-24(21)23/h1-16,29H. The topological polar surface area (TPSA) is 54.5 Å². The van der Waals surface area contributed by atoms with Crippen LogP contribution in [0.25, 0.3) is 55.7 Å². The van der Waals surface area contributed by atoms with E-state index >= 15 is 0 Å². The summed E-state index contributed by atoms with van der Waals surface area (Å²) < 4.78 is 0. The third-order valence-electron chi connectivity index (χ3n) is 5.63. The van der Waals surface area contributed by atoms with Gasteiger partial charge in [-0.15, -0.1) is 0 Å². The molecule has 0 aliphatic rings. The number of hydrogen-bond donors (Lipinski definition) is 1. The fourth-order valence-electron chi connectivity index (χ4n) is 4.19. The van der Waals surface area contributed by atoms with Gasteiger partial charge >= 0.3 is 0 Å². The van der Waals surface area contributed by atoms with E-state index in [9.17, 15) is 0 Å². The molecule has 152 valence electrons. The maximum Gasteiger partial charge on any atom is 0.226 e. The number of para-hydroxylation sites is 1. The van der Waals surface area contributed by atoms with Crippen molar-refractivity contribution in [3.8, 4) is 33.9 Å². The second-order valence-electron chi connectivity index (χ2n) is 7.56. The highest BCUT2D eigenvalue weighted by molar-refractivity contribution is 6.28. The van der Waals surface area contributed by atoms with E-state index in [2.05, 4.69) is 69.5 Å². The SMILES string of the molecule is Clc1nc(-c2ccccc2)nc(-c2ccc(-c3ccccc3)c3c2[nH]c2ccccc23)n1. The van der Waals surface area contributed by atoms with Gasteiger partial charge < -0.3 is 4.98 Å². The molecule has 0 unspecified atom stereocenters. The molecule has 5 heteroatoms. The third-order valence-corrected chi connectivity index (χ3v) is 5.80. The van der Waals surface area contributed by atoms with Gasteiger partial charge in [-0.1, -0.05) is 84.9 Å². The molecule has 32 heavy (non-hydrogen) atoms. The van der Waals surface area contributed by atoms with Gasteiger partial charge in [0.25, 0.3) is 0 Å². The van der Waals surface area contributed by atoms with Gasteiger partial charge in [0.2, 0.25) is 5.28 Å². The van der Waals surface area contributed by atoms with Crippen LogP contribution in [0.2, 0.25) is 5.28 Å². The van der Waals surface area contributed by atoms with Crippen LogP contribution in [0.5, 0.6) is 0 Å². The van der Waals surface area contributed by atoms with Gasteiger partial charge in [-0.25, -0.2) is 4.98 Å². The second kappa shape index (κ2) is 7.59. The number of aromatic amines is 1. The Morgan fingerprint density at radius 2 is 1.19 bits per heavy atom. The Bertz CT molecular complexity index is 1570. The Balaban J connectivity index is 1.65. The van der Waals surface area contributed by atoms with Crippen LogP contribution < -0.4 is 0 Å². The highest BCUT2D eigenvalue weighted by Crippen LogP contribution is 2.39. The first-order valence-corrected chi connectivity index (χ1v) is 10.7. The number of halogens is 1. The summed E-state index contributed by atoms with van der Waals surface area (Å²) in [6, 6.07) is 32.7. The lowest BCUT2D eigenvalue weighted by Crippen LogP contribution is -1.98. The Morgan fingerprint density at radius 3 is 1.97 bits per heavy atom. The number of fused-ring (bicyclic) bond motifs is 3. The predicted octanol–water partition coefficient (Wildman–Crippen LogP) is 7.16. The molecule has 2 heterocycles. The van der Waals surface area contributed by atoms with Crippen molar-refractivity contribution in [2.75, 3.05) is 0 Å². The Hall–Kier alpha value is -4.02. The van der Waals surface area contributed by atoms with Gasteiger partial charge in [0.1, 0.15) is 0 Å². The van der Waals surface area contributed by atoms with Crippen molar-refractivity contribution in [2.24, 2.45) is 0 Å². The van der Waals surface area contributed by atoms with Crippen LogP contribution in [0.1, 0.15) is 0 Å². The van der Waals surface area contributed by atoms with E-state index in [4.69, 9.17) is 16.6 Å². The molecular formula is C27H17ClN4. The van der Waals surface area contributed by atoms with Crippen LogP contribution in [-0.4, -0.2) is 19.9 Å². The lowest BCUT2D eigenvalue weighted by molar-refractivity contribution is 1.07. The van der Waals surface area contributed by atoms with Crippen LogP contribution in [0, 0.1) is 0 Å². The van der Waals surface area contributed by atoms with E-state index in [1.807, 2.05) is 42.5 Å². The fraction of sp³-hybridized carbons (Fsp3) is 0. The zero-order valence-corrected chi connectivity index (χ0v) is 17.7. The summed E-state index contributed by atoms with van der Waals surface area (Å²) in [5, 5.41) is 2.47. The van der Waals surface area contributed by atoms with Crippen LogP contribution in [-0.2, 0) is 0 Å². The molecule has 4 nitrogen and oxygen atoms in total. The average Bonchev–Trinajstić information content (AvgIpc) is 3.24. The molecule has 0 radical (unpaired) electrons. The third kappa shape index (κ3) is 3.13. The highest BCUT2D eigenvalue weighted by atomic mass is 35.5. The van der Waals surface area contributed by atoms with E-state index in [0.29, 0.717) is 11.6 Å². The van der Waals surface area contributed by atoms with E-state index in [1.165, 1.54) is 0 Å². The number of benzene rings is 4. The summed E-state index contributed by atoms with van der Waals surface area (Å²) in [5.74, 6) is 1.09. The molecule has 0 atom stereocenters. The number of hydrogen-bond acceptors (Lipinski definition) is 3. The maximum atomic E-state index is 6.33. The summed E-state index contributed by atoms with van der Waals surface area (Å²) in [5.41, 5.74) is 6.14. The van der Waals surface area contributed by atoms with Crippen LogP contribution in [0.3, 0.4) is 0 Å². The Labute approximate surface area is 189 Å². The van der Waals surface area contributed by atoms with Gasteiger partial charge in [0, 0.05) is 27.4 Å². The van der Waals surface area contributed by atoms with E-state index in [0.717, 1.165) is 44.1 Å². The van der Waals surface area contributed by atoms with E-state index in [1.54, 1.807) is 0 Å². The van der Waals surface area contributed by atoms with Crippen molar-refractivity contribution in [2.45, 2.75) is 0 Å². The predicted molar refractivity (Wildman–Crippen MR) is 131 cm³/mol. The lowest BCUT2D eigenvalue weighted by atomic mass is 9.97. The number of H-pyrrole nitrogens is 1. The first-order chi connectivity index (χ1) is 15.8. The second-order valence-corrected chi connectivity index (χ2v) is 7.90. The molecule has 0 amide bonds. The maximum absolute atomic E-state index is 6.33. The molecule has 2 aromatic heterocycles. The monoisotopic (exact) mass is 432 g/mol. The molecule has 0 bridgehead atoms. The largest absolute Gasteiger partial charge is 0.354 e. The van der Waals surface area contributed by atoms with Crippen molar-refractivity contribution in [1.29, 1.82) is 0 Å². The van der Waals surface area contributed by atoms with Crippen LogP contribution in [0.4, 0.5) is 0 Å². The van der Waals surface area contributed by atoms with Crippen molar-refractivity contribution < 1.29 is 0 Å². The van der Waals surface area contributed by atoms with Crippen molar-refractivity contribution in [3.05, 3.63) is 102 Å². The van der Waals surface area contributed by atoms with E-state index in [-0.39, 0.29) is 5.28 Å². The molecule has 0 aliphatic heterocycles. The minimum Gasteiger partial charge on any atom is -0.354 e. The van der Waals surface area contributed by atoms with Crippen molar-refractivity contribution in [3.63, 3.8) is 0 Å². The number of rotatable bonds is 3. The number of nitrogens with zero attached hydrogens (tertiary/aromatic N) is 3. The summed E-state index contributed by atoms with van der Waals surface area (Å²) in [4.78, 5) is 17.2. The molecule has 0 saturated carbocycles. The van der Waals surface area contributed by atoms with Gasteiger partial charge in [-0.05, 0) is 34.9 Å². The molecule has 6 rings (SSSR count). The number of aromatic nitrogens is 4. The number of nitrogens with one attached hydrogen (secondary N) is 1. The average molecular weight is 433 g/mol. The summed E-state index contributed by atoms with van der Waals surface area (Å²) in [6.07, 6.45) is 0. The smallest absolute Gasteiger partial charge is 0.226 e. The molecule has 0 saturated heterocycles. The quantitative estimate of drug-likeness (QED) is 0.322. The molecule has 4 aromatic carbocycles. The summed E-state index contributed by atoms with van der Waals surface area (Å²) in [7, 11) is 0. The minimum atomic E-state index is 0.172. The van der Waals surface area contributed by atoms with Gasteiger partial charge in [0.05, 0.1) is 5.52 Å². The molecule has 1 N–H and O–H groups in total. The highest BCUT2D eigenvalue weighted by Gasteiger charge is 2.17. The van der Waals surface area contributed by atoms with Crippen molar-refractivity contribution >= 4 is 33.4 Å². The normalized spacial score (nSPS) is 11.3. The van der Waals surface area contributed by atoms with Crippen molar-refractivity contribution in [1.82, 2.24) is 19.9 Å². The Morgan fingerprint density at radius 1 is 0.562 bits per heavy atom. The molecule has 0 aliphatic carbocycles. The van der Waals surface area contributed by atoms with Gasteiger partial charge in [-0.2, -0.15) is 9.97 Å². The van der Waals surface area contributed by atoms with Gasteiger partial charge in [0.15, 0.2) is 11.6 Å². The fourth-order valence-corrected chi connectivity index (χ4v) is 4.35.